The number of likely N-dealkylation sites (tertiary alicyclic amines) is 1. The number of aliphatic hydroxyl groups is 3. The first kappa shape index (κ1) is 32.3. The Morgan fingerprint density at radius 2 is 1.71 bits per heavy atom. The summed E-state index contributed by atoms with van der Waals surface area (Å²) >= 11 is 0. The van der Waals surface area contributed by atoms with Crippen molar-refractivity contribution < 1.29 is 48.0 Å². The minimum atomic E-state index is -4.39. The zero-order valence-electron chi connectivity index (χ0n) is 25.2. The number of likely N-dealkylation sites (N-methyl/N-ethyl adjacent to an activating group) is 1. The van der Waals surface area contributed by atoms with Crippen LogP contribution in [0, 0.1) is 23.2 Å². The molecule has 1 aliphatic heterocycles. The fraction of sp³-hybridized carbons (Fsp3) is 0.533. The zero-order valence-corrected chi connectivity index (χ0v) is 25.2. The molecule has 3 aliphatic carbocycles. The number of nitrogens with zero attached hydrogens (tertiary/aromatic N) is 3. The monoisotopic (exact) mass is 635 g/mol. The maximum atomic E-state index is 14.2. The van der Waals surface area contributed by atoms with E-state index in [-0.39, 0.29) is 55.5 Å². The molecular weight excluding hydrogens is 599 g/mol. The molecule has 7 N–H and O–H groups in total. The zero-order chi connectivity index (χ0) is 33.5. The molecule has 0 bridgehead atoms. The number of carbonyl (C=O) groups is 3. The van der Waals surface area contributed by atoms with Gasteiger partial charge in [-0.05, 0) is 57.3 Å². The minimum absolute atomic E-state index is 0.0230. The van der Waals surface area contributed by atoms with Crippen molar-refractivity contribution in [2.75, 3.05) is 46.2 Å². The number of alkyl halides is 3. The number of ketones is 1. The largest absolute Gasteiger partial charge is 0.510 e. The van der Waals surface area contributed by atoms with Gasteiger partial charge < -0.3 is 41.4 Å². The number of fused-ring (bicyclic) bond motifs is 3. The van der Waals surface area contributed by atoms with E-state index in [1.54, 1.807) is 33.1 Å². The maximum Gasteiger partial charge on any atom is 0.391 e. The van der Waals surface area contributed by atoms with Crippen molar-refractivity contribution in [1.82, 2.24) is 9.80 Å². The lowest BCUT2D eigenvalue weighted by Gasteiger charge is -2.51. The van der Waals surface area contributed by atoms with Gasteiger partial charge in [-0.15, -0.1) is 0 Å². The van der Waals surface area contributed by atoms with Crippen LogP contribution in [-0.4, -0.2) is 113 Å². The summed E-state index contributed by atoms with van der Waals surface area (Å²) in [6, 6.07) is 0.321. The third kappa shape index (κ3) is 4.74. The number of primary amides is 1. The standard InChI is InChI=1S/C30H36F3N5O7/c1-36(2)17-11-15(28(44)38-7-5-13(6-8-38)30(31,32)33)22(39)19-14(17)9-12-10-16-21(37(3)4)24(41)20(27(35)43)25(34)29(16,45)26(42)18(12)23(19)40/h11-13,16,21,34,39-41,45H,5-10H2,1-4H3,(H2,35,43)/t12-,16-,21-,29+/m0/s1. The Bertz CT molecular complexity index is 1580. The number of benzene rings is 1. The molecule has 0 radical (unpaired) electrons. The van der Waals surface area contributed by atoms with Gasteiger partial charge in [-0.1, -0.05) is 0 Å². The molecule has 15 heteroatoms. The number of aliphatic hydroxyl groups excluding tert-OH is 2. The van der Waals surface area contributed by atoms with Gasteiger partial charge in [0.25, 0.3) is 11.8 Å². The Labute approximate surface area is 256 Å². The van der Waals surface area contributed by atoms with Crippen molar-refractivity contribution in [3.05, 3.63) is 39.7 Å². The van der Waals surface area contributed by atoms with E-state index in [2.05, 4.69) is 0 Å². The molecule has 1 saturated carbocycles. The molecule has 12 nitrogen and oxygen atoms in total. The highest BCUT2D eigenvalue weighted by molar-refractivity contribution is 6.34. The van der Waals surface area contributed by atoms with E-state index in [0.29, 0.717) is 11.3 Å². The van der Waals surface area contributed by atoms with Crippen LogP contribution in [0.2, 0.25) is 0 Å². The summed E-state index contributed by atoms with van der Waals surface area (Å²) in [5, 5.41) is 54.5. The van der Waals surface area contributed by atoms with Gasteiger partial charge in [-0.25, -0.2) is 0 Å². The number of phenols is 1. The Kier molecular flexibility index (Phi) is 7.72. The van der Waals surface area contributed by atoms with E-state index >= 15 is 0 Å². The van der Waals surface area contributed by atoms with Crippen molar-refractivity contribution in [1.29, 1.82) is 5.41 Å². The highest BCUT2D eigenvalue weighted by Gasteiger charge is 2.63. The Morgan fingerprint density at radius 3 is 2.22 bits per heavy atom. The second-order valence-corrected chi connectivity index (χ2v) is 12.7. The van der Waals surface area contributed by atoms with E-state index in [9.17, 15) is 48.0 Å². The lowest BCUT2D eigenvalue weighted by molar-refractivity contribution is -0.183. The van der Waals surface area contributed by atoms with Crippen LogP contribution in [0.15, 0.2) is 23.0 Å². The van der Waals surface area contributed by atoms with Gasteiger partial charge in [0.15, 0.2) is 5.60 Å². The molecule has 1 heterocycles. The number of anilines is 1. The fourth-order valence-corrected chi connectivity index (χ4v) is 7.49. The van der Waals surface area contributed by atoms with Crippen LogP contribution in [0.4, 0.5) is 18.9 Å². The number of hydrogen-bond donors (Lipinski definition) is 6. The number of nitrogens with one attached hydrogen (secondary N) is 1. The SMILES string of the molecule is CN(C)c1cc(C(=O)N2CCC(C(F)(F)F)CC2)c(O)c2c1C[C@H]1C[C@H]3[C@H](N(C)C)C(O)=C(C(N)=O)C(=N)[C@@]3(O)C(=O)C1=C2O. The number of amides is 2. The number of phenolic OH excluding ortho intramolecular Hbond substituents is 1. The highest BCUT2D eigenvalue weighted by atomic mass is 19.4. The van der Waals surface area contributed by atoms with Crippen LogP contribution < -0.4 is 10.6 Å². The van der Waals surface area contributed by atoms with Gasteiger partial charge in [0.1, 0.15) is 22.8 Å². The van der Waals surface area contributed by atoms with Gasteiger partial charge in [0.05, 0.1) is 28.8 Å². The van der Waals surface area contributed by atoms with Crippen LogP contribution in [0.25, 0.3) is 5.76 Å². The van der Waals surface area contributed by atoms with Crippen molar-refractivity contribution >= 4 is 34.8 Å². The van der Waals surface area contributed by atoms with Gasteiger partial charge in [0.2, 0.25) is 5.78 Å². The Hall–Kier alpha value is -4.11. The number of rotatable bonds is 4. The molecule has 0 spiro atoms. The number of aromatic hydroxyl groups is 1. The van der Waals surface area contributed by atoms with Gasteiger partial charge in [-0.3, -0.25) is 19.3 Å². The van der Waals surface area contributed by atoms with E-state index in [0.717, 1.165) is 0 Å². The molecule has 4 atom stereocenters. The Morgan fingerprint density at radius 1 is 1.11 bits per heavy atom. The van der Waals surface area contributed by atoms with Gasteiger partial charge in [-0.2, -0.15) is 13.2 Å². The molecule has 0 aromatic heterocycles. The summed E-state index contributed by atoms with van der Waals surface area (Å²) in [5.74, 6) is -8.46. The number of Topliss-reactive ketones (excluding diaryl/α,β-unsaturated/α-hetero) is 1. The first-order valence-electron chi connectivity index (χ1n) is 14.4. The van der Waals surface area contributed by atoms with Crippen molar-refractivity contribution in [2.45, 2.75) is 43.5 Å². The van der Waals surface area contributed by atoms with Crippen LogP contribution in [0.5, 0.6) is 5.75 Å². The molecule has 5 rings (SSSR count). The van der Waals surface area contributed by atoms with Crippen LogP contribution in [0.3, 0.4) is 0 Å². The molecule has 1 aromatic carbocycles. The normalized spacial score (nSPS) is 27.4. The number of hydrogen-bond acceptors (Lipinski definition) is 10. The first-order chi connectivity index (χ1) is 20.8. The topological polar surface area (TPSA) is 192 Å². The van der Waals surface area contributed by atoms with Crippen LogP contribution in [0.1, 0.15) is 40.7 Å². The second kappa shape index (κ2) is 10.8. The quantitative estimate of drug-likeness (QED) is 0.287. The summed E-state index contributed by atoms with van der Waals surface area (Å²) < 4.78 is 39.6. The number of nitrogens with two attached hydrogens (primary N) is 1. The summed E-state index contributed by atoms with van der Waals surface area (Å²) in [6.45, 7) is -0.396. The van der Waals surface area contributed by atoms with E-state index in [4.69, 9.17) is 11.1 Å². The van der Waals surface area contributed by atoms with Gasteiger partial charge in [0, 0.05) is 44.4 Å². The molecule has 244 valence electrons. The molecule has 2 fully saturated rings. The molecule has 1 saturated heterocycles. The van der Waals surface area contributed by atoms with Crippen molar-refractivity contribution in [3.63, 3.8) is 0 Å². The third-order valence-electron chi connectivity index (χ3n) is 9.71. The van der Waals surface area contributed by atoms with Crippen molar-refractivity contribution in [2.24, 2.45) is 23.5 Å². The molecule has 45 heavy (non-hydrogen) atoms. The van der Waals surface area contributed by atoms with Crippen LogP contribution in [-0.2, 0) is 16.0 Å². The lowest BCUT2D eigenvalue weighted by atomic mass is 9.56. The number of piperidine rings is 1. The molecule has 4 aliphatic rings. The number of halogens is 3. The highest BCUT2D eigenvalue weighted by Crippen LogP contribution is 2.53. The predicted octanol–water partition coefficient (Wildman–Crippen LogP) is 1.90. The third-order valence-corrected chi connectivity index (χ3v) is 9.71. The minimum Gasteiger partial charge on any atom is -0.510 e. The summed E-state index contributed by atoms with van der Waals surface area (Å²) in [5.41, 5.74) is 1.10. The van der Waals surface area contributed by atoms with E-state index in [1.165, 1.54) is 15.9 Å². The lowest BCUT2D eigenvalue weighted by Crippen LogP contribution is -2.67. The number of carbonyl (C=O) groups excluding carboxylic acids is 3. The molecule has 1 aromatic rings. The average molecular weight is 636 g/mol. The first-order valence-corrected chi connectivity index (χ1v) is 14.4. The second-order valence-electron chi connectivity index (χ2n) is 12.7. The summed E-state index contributed by atoms with van der Waals surface area (Å²) in [6.07, 6.45) is -4.96. The van der Waals surface area contributed by atoms with Crippen LogP contribution >= 0.6 is 0 Å². The van der Waals surface area contributed by atoms with E-state index in [1.807, 2.05) is 0 Å². The predicted molar refractivity (Wildman–Crippen MR) is 156 cm³/mol. The van der Waals surface area contributed by atoms with E-state index < -0.39 is 81.7 Å². The maximum absolute atomic E-state index is 14.2. The van der Waals surface area contributed by atoms with Crippen molar-refractivity contribution in [3.8, 4) is 5.75 Å². The molecular formula is C30H36F3N5O7. The Balaban J connectivity index is 1.63. The smallest absolute Gasteiger partial charge is 0.391 e. The average Bonchev–Trinajstić information content (AvgIpc) is 2.93. The summed E-state index contributed by atoms with van der Waals surface area (Å²) in [7, 11) is 6.44. The van der Waals surface area contributed by atoms with Gasteiger partial charge >= 0.3 is 6.18 Å². The fourth-order valence-electron chi connectivity index (χ4n) is 7.49. The summed E-state index contributed by atoms with van der Waals surface area (Å²) in [4.78, 5) is 44.3. The molecule has 0 unspecified atom stereocenters. The molecule has 2 amide bonds.